The minimum Gasteiger partial charge on any atom is -0.329 e. The monoisotopic (exact) mass is 175 g/mol. The Morgan fingerprint density at radius 1 is 1.27 bits per heavy atom. The molecule has 0 amide bonds. The quantitative estimate of drug-likeness (QED) is 0.713. The Bertz CT molecular complexity index is 105. The number of hydrogen-bond donors (Lipinski definition) is 1. The van der Waals surface area contributed by atoms with E-state index in [0.29, 0.717) is 15.9 Å². The zero-order valence-electron chi connectivity index (χ0n) is 8.35. The summed E-state index contributed by atoms with van der Waals surface area (Å²) in [6.07, 6.45) is 0. The summed E-state index contributed by atoms with van der Waals surface area (Å²) in [6.45, 7) is 12.0. The van der Waals surface area contributed by atoms with Gasteiger partial charge in [0, 0.05) is 16.5 Å². The van der Waals surface area contributed by atoms with Gasteiger partial charge >= 0.3 is 0 Å². The fourth-order valence-electron chi connectivity index (χ4n) is 0.910. The highest BCUT2D eigenvalue weighted by molar-refractivity contribution is 8.01. The van der Waals surface area contributed by atoms with Crippen LogP contribution in [0.5, 0.6) is 0 Å². The molecule has 0 aliphatic heterocycles. The third-order valence-corrected chi connectivity index (χ3v) is 3.23. The molecule has 68 valence electrons. The third kappa shape index (κ3) is 5.57. The molecule has 0 fully saturated rings. The van der Waals surface area contributed by atoms with Gasteiger partial charge in [-0.3, -0.25) is 0 Å². The van der Waals surface area contributed by atoms with Crippen LogP contribution in [-0.2, 0) is 0 Å². The maximum absolute atomic E-state index is 5.66. The molecule has 1 nitrogen and oxygen atoms in total. The van der Waals surface area contributed by atoms with Crippen molar-refractivity contribution in [2.24, 2.45) is 11.7 Å². The van der Waals surface area contributed by atoms with Gasteiger partial charge in [-0.05, 0) is 5.92 Å². The van der Waals surface area contributed by atoms with E-state index >= 15 is 0 Å². The van der Waals surface area contributed by atoms with Gasteiger partial charge in [-0.15, -0.1) is 0 Å². The summed E-state index contributed by atoms with van der Waals surface area (Å²) in [4.78, 5) is 0. The second-order valence-electron chi connectivity index (χ2n) is 4.25. The smallest absolute Gasteiger partial charge is 0.0198 e. The topological polar surface area (TPSA) is 26.0 Å². The molecule has 0 aliphatic carbocycles. The van der Waals surface area contributed by atoms with Gasteiger partial charge in [0.05, 0.1) is 0 Å². The Kier molecular flexibility index (Phi) is 4.49. The summed E-state index contributed by atoms with van der Waals surface area (Å²) in [7, 11) is 0. The lowest BCUT2D eigenvalue weighted by Crippen LogP contribution is -2.27. The van der Waals surface area contributed by atoms with Crippen LogP contribution in [0.1, 0.15) is 34.6 Å². The summed E-state index contributed by atoms with van der Waals surface area (Å²) in [6, 6.07) is 0. The lowest BCUT2D eigenvalue weighted by Gasteiger charge is -2.27. The second kappa shape index (κ2) is 4.36. The highest BCUT2D eigenvalue weighted by atomic mass is 32.2. The van der Waals surface area contributed by atoms with E-state index in [9.17, 15) is 0 Å². The molecule has 0 aromatic rings. The van der Waals surface area contributed by atoms with E-state index in [2.05, 4.69) is 34.6 Å². The van der Waals surface area contributed by atoms with Crippen LogP contribution < -0.4 is 5.73 Å². The van der Waals surface area contributed by atoms with Crippen LogP contribution in [0.25, 0.3) is 0 Å². The molecule has 0 bridgehead atoms. The van der Waals surface area contributed by atoms with E-state index in [0.717, 1.165) is 6.54 Å². The molecule has 1 atom stereocenters. The van der Waals surface area contributed by atoms with Crippen molar-refractivity contribution in [2.45, 2.75) is 44.6 Å². The number of rotatable bonds is 3. The van der Waals surface area contributed by atoms with E-state index < -0.39 is 0 Å². The molecule has 0 spiro atoms. The lowest BCUT2D eigenvalue weighted by atomic mass is 10.1. The van der Waals surface area contributed by atoms with E-state index in [1.165, 1.54) is 0 Å². The van der Waals surface area contributed by atoms with E-state index in [1.54, 1.807) is 0 Å². The van der Waals surface area contributed by atoms with Gasteiger partial charge < -0.3 is 5.73 Å². The number of thioether (sulfide) groups is 1. The predicted octanol–water partition coefficient (Wildman–Crippen LogP) is 2.50. The lowest BCUT2D eigenvalue weighted by molar-refractivity contribution is 0.604. The molecule has 2 heteroatoms. The predicted molar refractivity (Wildman–Crippen MR) is 55.0 cm³/mol. The molecule has 0 saturated carbocycles. The highest BCUT2D eigenvalue weighted by Crippen LogP contribution is 2.31. The van der Waals surface area contributed by atoms with Gasteiger partial charge in [0.1, 0.15) is 0 Å². The Balaban J connectivity index is 3.88. The van der Waals surface area contributed by atoms with Crippen molar-refractivity contribution in [3.8, 4) is 0 Å². The molecule has 0 saturated heterocycles. The molecule has 0 aromatic carbocycles. The van der Waals surface area contributed by atoms with Gasteiger partial charge in [0.15, 0.2) is 0 Å². The number of hydrogen-bond acceptors (Lipinski definition) is 2. The van der Waals surface area contributed by atoms with Crippen molar-refractivity contribution in [1.82, 2.24) is 0 Å². The first kappa shape index (κ1) is 11.3. The molecular formula is C9H21NS. The molecule has 11 heavy (non-hydrogen) atoms. The van der Waals surface area contributed by atoms with Crippen molar-refractivity contribution < 1.29 is 0 Å². The molecule has 0 rings (SSSR count). The number of nitrogens with two attached hydrogens (primary N) is 1. The fraction of sp³-hybridized carbons (Fsp3) is 1.00. The van der Waals surface area contributed by atoms with Gasteiger partial charge in [-0.25, -0.2) is 0 Å². The van der Waals surface area contributed by atoms with Crippen LogP contribution in [0.15, 0.2) is 0 Å². The largest absolute Gasteiger partial charge is 0.329 e. The normalized spacial score (nSPS) is 15.5. The summed E-state index contributed by atoms with van der Waals surface area (Å²) in [5, 5.41) is 0.606. The van der Waals surface area contributed by atoms with Gasteiger partial charge in [0.2, 0.25) is 0 Å². The molecule has 0 radical (unpaired) electrons. The minimum atomic E-state index is 0.342. The van der Waals surface area contributed by atoms with Crippen molar-refractivity contribution in [3.63, 3.8) is 0 Å². The minimum absolute atomic E-state index is 0.342. The van der Waals surface area contributed by atoms with Crippen molar-refractivity contribution in [3.05, 3.63) is 0 Å². The third-order valence-electron chi connectivity index (χ3n) is 1.48. The first-order chi connectivity index (χ1) is 4.87. The van der Waals surface area contributed by atoms with Crippen molar-refractivity contribution in [1.29, 1.82) is 0 Å². The SMILES string of the molecule is CC(C)C(CN)SC(C)(C)C. The average Bonchev–Trinajstić information content (AvgIpc) is 1.80. The summed E-state index contributed by atoms with van der Waals surface area (Å²) in [5.74, 6) is 0.684. The Morgan fingerprint density at radius 3 is 1.82 bits per heavy atom. The van der Waals surface area contributed by atoms with E-state index in [1.807, 2.05) is 11.8 Å². The van der Waals surface area contributed by atoms with Crippen molar-refractivity contribution in [2.75, 3.05) is 6.54 Å². The summed E-state index contributed by atoms with van der Waals surface area (Å²) >= 11 is 1.98. The zero-order chi connectivity index (χ0) is 9.07. The van der Waals surface area contributed by atoms with Crippen LogP contribution in [0.3, 0.4) is 0 Å². The Labute approximate surface area is 75.1 Å². The zero-order valence-corrected chi connectivity index (χ0v) is 9.16. The molecule has 0 aliphatic rings. The van der Waals surface area contributed by atoms with Crippen LogP contribution in [0, 0.1) is 5.92 Å². The van der Waals surface area contributed by atoms with Gasteiger partial charge in [-0.1, -0.05) is 34.6 Å². The Morgan fingerprint density at radius 2 is 1.73 bits per heavy atom. The molecule has 1 unspecified atom stereocenters. The first-order valence-corrected chi connectivity index (χ1v) is 5.12. The molecule has 0 aromatic heterocycles. The van der Waals surface area contributed by atoms with Crippen LogP contribution in [0.4, 0.5) is 0 Å². The first-order valence-electron chi connectivity index (χ1n) is 4.24. The second-order valence-corrected chi connectivity index (χ2v) is 6.31. The maximum Gasteiger partial charge on any atom is 0.0198 e. The standard InChI is InChI=1S/C9H21NS/c1-7(2)8(6-10)11-9(3,4)5/h7-8H,6,10H2,1-5H3. The van der Waals surface area contributed by atoms with Gasteiger partial charge in [-0.2, -0.15) is 11.8 Å². The van der Waals surface area contributed by atoms with Crippen LogP contribution >= 0.6 is 11.8 Å². The highest BCUT2D eigenvalue weighted by Gasteiger charge is 2.20. The molecule has 0 heterocycles. The fourth-order valence-corrected chi connectivity index (χ4v) is 2.19. The summed E-state index contributed by atoms with van der Waals surface area (Å²) in [5.41, 5.74) is 5.66. The van der Waals surface area contributed by atoms with Gasteiger partial charge in [0.25, 0.3) is 0 Å². The Hall–Kier alpha value is 0.310. The molecule has 2 N–H and O–H groups in total. The molecular weight excluding hydrogens is 154 g/mol. The maximum atomic E-state index is 5.66. The van der Waals surface area contributed by atoms with Crippen molar-refractivity contribution >= 4 is 11.8 Å². The van der Waals surface area contributed by atoms with E-state index in [4.69, 9.17) is 5.73 Å². The van der Waals surface area contributed by atoms with Crippen LogP contribution in [0.2, 0.25) is 0 Å². The van der Waals surface area contributed by atoms with E-state index in [-0.39, 0.29) is 0 Å². The average molecular weight is 175 g/mol. The summed E-state index contributed by atoms with van der Waals surface area (Å²) < 4.78 is 0.342. The van der Waals surface area contributed by atoms with Crippen LogP contribution in [-0.4, -0.2) is 16.5 Å².